The molecule has 2 bridgehead atoms. The van der Waals surface area contributed by atoms with Crippen molar-refractivity contribution in [2.24, 2.45) is 17.8 Å². The number of aliphatic carboxylic acids is 1. The van der Waals surface area contributed by atoms with Crippen LogP contribution in [0.25, 0.3) is 11.3 Å². The number of nitrogens with zero attached hydrogens (tertiary/aromatic N) is 6. The number of thiazole rings is 1. The summed E-state index contributed by atoms with van der Waals surface area (Å²) < 4.78 is 8.35. The van der Waals surface area contributed by atoms with E-state index in [-0.39, 0.29) is 23.7 Å². The lowest BCUT2D eigenvalue weighted by molar-refractivity contribution is -0.144. The Morgan fingerprint density at radius 2 is 1.88 bits per heavy atom. The average Bonchev–Trinajstić information content (AvgIpc) is 3.74. The van der Waals surface area contributed by atoms with Crippen LogP contribution in [0.15, 0.2) is 48.1 Å². The summed E-state index contributed by atoms with van der Waals surface area (Å²) in [4.78, 5) is 34.1. The van der Waals surface area contributed by atoms with Gasteiger partial charge in [-0.15, -0.1) is 21.5 Å². The lowest BCUT2D eigenvalue weighted by atomic mass is 9.85. The van der Waals surface area contributed by atoms with E-state index in [1.54, 1.807) is 17.7 Å². The molecule has 7 rings (SSSR count). The predicted octanol–water partition coefficient (Wildman–Crippen LogP) is 4.80. The first-order valence-electron chi connectivity index (χ1n) is 14.8. The van der Waals surface area contributed by atoms with Gasteiger partial charge in [0, 0.05) is 42.7 Å². The Hall–Kier alpha value is -4.25. The summed E-state index contributed by atoms with van der Waals surface area (Å²) >= 11 is 1.60. The number of fused-ring (bicyclic) bond motifs is 3. The van der Waals surface area contributed by atoms with Gasteiger partial charge in [0.05, 0.1) is 18.2 Å². The van der Waals surface area contributed by atoms with Crippen molar-refractivity contribution < 1.29 is 19.4 Å². The number of anilines is 1. The Labute approximate surface area is 253 Å². The topological polar surface area (TPSA) is 114 Å². The molecule has 1 aliphatic carbocycles. The van der Waals surface area contributed by atoms with E-state index in [0.29, 0.717) is 31.8 Å². The molecule has 3 atom stereocenters. The summed E-state index contributed by atoms with van der Waals surface area (Å²) in [6.45, 7) is 7.70. The summed E-state index contributed by atoms with van der Waals surface area (Å²) in [6, 6.07) is 11.9. The molecule has 0 spiro atoms. The SMILES string of the molecule is Cc1ccc(OCc2ccc(C(=O)N3CCn4cnnc4C3)cc2C)c(-c2csc(N3CC4CC[C@H](C3)C4C(=O)O)n2)c1. The molecule has 2 aromatic carbocycles. The van der Waals surface area contributed by atoms with Crippen LogP contribution in [0, 0.1) is 31.6 Å². The Morgan fingerprint density at radius 3 is 2.65 bits per heavy atom. The van der Waals surface area contributed by atoms with Crippen LogP contribution < -0.4 is 9.64 Å². The Kier molecular flexibility index (Phi) is 7.12. The molecular weight excluding hydrogens is 564 g/mol. The maximum Gasteiger partial charge on any atom is 0.307 e. The van der Waals surface area contributed by atoms with Gasteiger partial charge in [-0.2, -0.15) is 0 Å². The summed E-state index contributed by atoms with van der Waals surface area (Å²) in [6.07, 6.45) is 3.66. The smallest absolute Gasteiger partial charge is 0.307 e. The Morgan fingerprint density at radius 1 is 1.07 bits per heavy atom. The van der Waals surface area contributed by atoms with Crippen LogP contribution >= 0.6 is 11.3 Å². The number of carbonyl (C=O) groups is 2. The van der Waals surface area contributed by atoms with Crippen molar-refractivity contribution in [3.05, 3.63) is 76.2 Å². The van der Waals surface area contributed by atoms with Gasteiger partial charge >= 0.3 is 5.97 Å². The number of benzene rings is 2. The monoisotopic (exact) mass is 598 g/mol. The third-order valence-corrected chi connectivity index (χ3v) is 10.1. The largest absolute Gasteiger partial charge is 0.488 e. The van der Waals surface area contributed by atoms with E-state index < -0.39 is 5.97 Å². The Bertz CT molecular complexity index is 1680. The molecule has 1 amide bonds. The van der Waals surface area contributed by atoms with Gasteiger partial charge in [0.2, 0.25) is 0 Å². The van der Waals surface area contributed by atoms with Gasteiger partial charge in [-0.05, 0) is 73.9 Å². The first-order valence-corrected chi connectivity index (χ1v) is 15.6. The zero-order valence-electron chi connectivity index (χ0n) is 24.3. The highest BCUT2D eigenvalue weighted by Crippen LogP contribution is 2.44. The van der Waals surface area contributed by atoms with Crippen LogP contribution in [-0.4, -0.2) is 61.3 Å². The molecule has 2 unspecified atom stereocenters. The normalized spacial score (nSPS) is 21.1. The third-order valence-electron chi connectivity index (χ3n) is 9.19. The maximum atomic E-state index is 13.2. The van der Waals surface area contributed by atoms with Gasteiger partial charge in [0.1, 0.15) is 18.7 Å². The van der Waals surface area contributed by atoms with Crippen molar-refractivity contribution in [3.8, 4) is 17.0 Å². The number of aromatic nitrogens is 4. The van der Waals surface area contributed by atoms with E-state index in [2.05, 4.69) is 33.5 Å². The molecule has 11 heteroatoms. The molecule has 3 aliphatic rings. The minimum atomic E-state index is -0.654. The number of amides is 1. The second-order valence-corrected chi connectivity index (χ2v) is 12.8. The second kappa shape index (κ2) is 11.1. The van der Waals surface area contributed by atoms with Crippen LogP contribution in [0.1, 0.15) is 45.7 Å². The fourth-order valence-electron chi connectivity index (χ4n) is 6.85. The second-order valence-electron chi connectivity index (χ2n) is 12.0. The number of piperidine rings is 1. The van der Waals surface area contributed by atoms with Crippen LogP contribution in [0.2, 0.25) is 0 Å². The zero-order valence-corrected chi connectivity index (χ0v) is 25.1. The number of rotatable bonds is 7. The standard InChI is InChI=1S/C32H34N6O4S/c1-19-3-8-27(25(11-19)26-17-43-32(34-26)38-13-22-5-6-23(14-38)29(22)31(40)41)42-16-24-7-4-21(12-20(24)2)30(39)36-9-10-37-18-33-35-28(37)15-36/h3-4,7-8,11-12,17-18,22-23,29H,5-6,9-10,13-16H2,1-2H3,(H,40,41)/t22-,23?,29?/m1/s1. The van der Waals surface area contributed by atoms with Gasteiger partial charge in [-0.3, -0.25) is 9.59 Å². The van der Waals surface area contributed by atoms with Gasteiger partial charge in [-0.25, -0.2) is 4.98 Å². The molecule has 43 heavy (non-hydrogen) atoms. The number of carbonyl (C=O) groups excluding carboxylic acids is 1. The van der Waals surface area contributed by atoms with Crippen LogP contribution in [-0.2, 0) is 24.5 Å². The van der Waals surface area contributed by atoms with Crippen LogP contribution in [0.5, 0.6) is 5.75 Å². The molecule has 222 valence electrons. The van der Waals surface area contributed by atoms with Crippen molar-refractivity contribution in [2.75, 3.05) is 24.5 Å². The molecule has 2 aliphatic heterocycles. The van der Waals surface area contributed by atoms with E-state index in [0.717, 1.165) is 70.6 Å². The van der Waals surface area contributed by atoms with E-state index in [1.165, 1.54) is 0 Å². The first kappa shape index (κ1) is 27.6. The number of ether oxygens (including phenoxy) is 1. The molecule has 1 saturated heterocycles. The lowest BCUT2D eigenvalue weighted by Crippen LogP contribution is -2.44. The van der Waals surface area contributed by atoms with E-state index >= 15 is 0 Å². The highest BCUT2D eigenvalue weighted by atomic mass is 32.1. The van der Waals surface area contributed by atoms with Gasteiger partial charge in [0.25, 0.3) is 5.91 Å². The van der Waals surface area contributed by atoms with Crippen LogP contribution in [0.4, 0.5) is 5.13 Å². The van der Waals surface area contributed by atoms with Crippen molar-refractivity contribution >= 4 is 28.3 Å². The maximum absolute atomic E-state index is 13.2. The highest BCUT2D eigenvalue weighted by molar-refractivity contribution is 7.14. The summed E-state index contributed by atoms with van der Waals surface area (Å²) in [5, 5.41) is 20.8. The molecule has 4 aromatic rings. The average molecular weight is 599 g/mol. The molecule has 2 aromatic heterocycles. The predicted molar refractivity (Wildman–Crippen MR) is 162 cm³/mol. The quantitative estimate of drug-likeness (QED) is 0.323. The molecule has 0 radical (unpaired) electrons. The minimum Gasteiger partial charge on any atom is -0.488 e. The molecule has 4 heterocycles. The van der Waals surface area contributed by atoms with Gasteiger partial charge in [0.15, 0.2) is 11.0 Å². The molecule has 1 N–H and O–H groups in total. The third kappa shape index (κ3) is 5.26. The Balaban J connectivity index is 1.04. The molecule has 10 nitrogen and oxygen atoms in total. The first-order chi connectivity index (χ1) is 20.8. The van der Waals surface area contributed by atoms with Crippen molar-refractivity contribution in [1.29, 1.82) is 0 Å². The summed E-state index contributed by atoms with van der Waals surface area (Å²) in [5.41, 5.74) is 5.58. The fraction of sp³-hybridized carbons (Fsp3) is 0.406. The summed E-state index contributed by atoms with van der Waals surface area (Å²) in [7, 11) is 0. The summed E-state index contributed by atoms with van der Waals surface area (Å²) in [5.74, 6) is 1.04. The fourth-order valence-corrected chi connectivity index (χ4v) is 7.70. The highest BCUT2D eigenvalue weighted by Gasteiger charge is 2.46. The van der Waals surface area contributed by atoms with Gasteiger partial charge in [-0.1, -0.05) is 17.7 Å². The van der Waals surface area contributed by atoms with Crippen molar-refractivity contribution in [1.82, 2.24) is 24.6 Å². The zero-order chi connectivity index (χ0) is 29.7. The molecule has 1 saturated carbocycles. The number of carboxylic acid groups (broad SMARTS) is 1. The van der Waals surface area contributed by atoms with E-state index in [1.807, 2.05) is 46.7 Å². The lowest BCUT2D eigenvalue weighted by Gasteiger charge is -2.35. The van der Waals surface area contributed by atoms with Crippen molar-refractivity contribution in [2.45, 2.75) is 46.4 Å². The number of carboxylic acids is 1. The number of hydrogen-bond acceptors (Lipinski definition) is 8. The van der Waals surface area contributed by atoms with Gasteiger partial charge < -0.3 is 24.2 Å². The number of hydrogen-bond donors (Lipinski definition) is 1. The molecular formula is C32H34N6O4S. The van der Waals surface area contributed by atoms with Crippen LogP contribution in [0.3, 0.4) is 0 Å². The van der Waals surface area contributed by atoms with E-state index in [9.17, 15) is 14.7 Å². The molecule has 2 fully saturated rings. The number of aryl methyl sites for hydroxylation is 2. The minimum absolute atomic E-state index is 0.00910. The van der Waals surface area contributed by atoms with Crippen molar-refractivity contribution in [3.63, 3.8) is 0 Å². The van der Waals surface area contributed by atoms with E-state index in [4.69, 9.17) is 9.72 Å².